The van der Waals surface area contributed by atoms with E-state index in [-0.39, 0.29) is 57.3 Å². The van der Waals surface area contributed by atoms with E-state index in [1.165, 1.54) is 22.6 Å². The Kier molecular flexibility index (Phi) is 11.8. The molecule has 1 aliphatic carbocycles. The molecule has 2 fully saturated rings. The van der Waals surface area contributed by atoms with Crippen molar-refractivity contribution in [1.82, 2.24) is 19.8 Å². The molecule has 2 aromatic heterocycles. The molecular weight excluding hydrogens is 653 g/mol. The number of pyridine rings is 1. The van der Waals surface area contributed by atoms with Gasteiger partial charge in [0.15, 0.2) is 0 Å². The normalized spacial score (nSPS) is 16.8. The number of likely N-dealkylation sites (tertiary alicyclic amines) is 1. The van der Waals surface area contributed by atoms with E-state index in [0.29, 0.717) is 18.7 Å². The van der Waals surface area contributed by atoms with Gasteiger partial charge in [0, 0.05) is 66.2 Å². The zero-order chi connectivity index (χ0) is 29.3. The molecule has 2 N–H and O–H groups in total. The van der Waals surface area contributed by atoms with Gasteiger partial charge in [-0.05, 0) is 67.8 Å². The monoisotopic (exact) mass is 695 g/mol. The maximum atomic E-state index is 12.9. The van der Waals surface area contributed by atoms with Crippen LogP contribution in [-0.2, 0) is 32.6 Å². The SMILES string of the molecule is COc1cc(C)c2[nH]ccc2c1CN1CCC2(C[C-](C#N)C2)C[C@H]1c1ccc(C(=O)NCCn2ccccc2=O)cc1.[CH3-].[CH3-].[Rh+3]. The first kappa shape index (κ1) is 35.6. The predicted octanol–water partition coefficient (Wildman–Crippen LogP) is 6.19. The van der Waals surface area contributed by atoms with Crippen LogP contribution in [0.5, 0.6) is 5.75 Å². The number of nitrogens with one attached hydrogen (secondary N) is 2. The maximum Gasteiger partial charge on any atom is 3.00 e. The number of amides is 1. The summed E-state index contributed by atoms with van der Waals surface area (Å²) in [5.41, 5.74) is 5.30. The van der Waals surface area contributed by atoms with Crippen LogP contribution in [0, 0.1) is 44.4 Å². The first-order valence-electron chi connectivity index (χ1n) is 14.6. The van der Waals surface area contributed by atoms with Gasteiger partial charge in [-0.3, -0.25) is 20.4 Å². The molecule has 1 amide bonds. The smallest absolute Gasteiger partial charge is 0.496 e. The molecule has 1 saturated heterocycles. The van der Waals surface area contributed by atoms with Gasteiger partial charge >= 0.3 is 19.5 Å². The van der Waals surface area contributed by atoms with Crippen LogP contribution in [-0.4, -0.2) is 40.6 Å². The molecule has 1 saturated carbocycles. The number of hydrogen-bond acceptors (Lipinski definition) is 5. The second-order valence-corrected chi connectivity index (χ2v) is 11.8. The fourth-order valence-corrected chi connectivity index (χ4v) is 6.83. The fourth-order valence-electron chi connectivity index (χ4n) is 6.83. The molecule has 0 radical (unpaired) electrons. The van der Waals surface area contributed by atoms with Crippen molar-refractivity contribution in [3.8, 4) is 11.8 Å². The van der Waals surface area contributed by atoms with Crippen molar-refractivity contribution in [3.63, 3.8) is 0 Å². The van der Waals surface area contributed by atoms with E-state index in [1.54, 1.807) is 30.0 Å². The number of aryl methyl sites for hydroxylation is 1. The minimum absolute atomic E-state index is 0. The third-order valence-corrected chi connectivity index (χ3v) is 9.12. The molecule has 1 spiro atoms. The zero-order valence-corrected chi connectivity index (χ0v) is 28.1. The number of aromatic nitrogens is 2. The molecule has 4 aromatic rings. The quantitative estimate of drug-likeness (QED) is 0.169. The van der Waals surface area contributed by atoms with Crippen LogP contribution < -0.4 is 15.6 Å². The van der Waals surface area contributed by atoms with Crippen molar-refractivity contribution in [2.24, 2.45) is 5.41 Å². The van der Waals surface area contributed by atoms with Crippen LogP contribution in [0.25, 0.3) is 10.9 Å². The number of fused-ring (bicyclic) bond motifs is 1. The minimum atomic E-state index is -0.158. The Bertz CT molecular complexity index is 1700. The van der Waals surface area contributed by atoms with Crippen molar-refractivity contribution in [1.29, 1.82) is 5.26 Å². The van der Waals surface area contributed by atoms with Gasteiger partial charge in [-0.25, -0.2) is 5.26 Å². The third-order valence-electron chi connectivity index (χ3n) is 9.12. The molecule has 0 unspecified atom stereocenters. The van der Waals surface area contributed by atoms with Crippen LogP contribution in [0.1, 0.15) is 58.8 Å². The van der Waals surface area contributed by atoms with Crippen molar-refractivity contribution in [3.05, 3.63) is 120 Å². The minimum Gasteiger partial charge on any atom is -0.496 e. The number of rotatable bonds is 8. The number of carbonyl (C=O) groups excluding carboxylic acids is 1. The van der Waals surface area contributed by atoms with Gasteiger partial charge in [0.25, 0.3) is 11.5 Å². The summed E-state index contributed by atoms with van der Waals surface area (Å²) >= 11 is 0. The number of H-pyrrole nitrogens is 1. The number of nitrogens with zero attached hydrogens (tertiary/aromatic N) is 3. The van der Waals surface area contributed by atoms with E-state index < -0.39 is 0 Å². The molecule has 2 aliphatic rings. The van der Waals surface area contributed by atoms with Crippen LogP contribution in [0.15, 0.2) is 71.8 Å². The summed E-state index contributed by atoms with van der Waals surface area (Å²) < 4.78 is 7.43. The Morgan fingerprint density at radius 2 is 1.93 bits per heavy atom. The molecule has 45 heavy (non-hydrogen) atoms. The largest absolute Gasteiger partial charge is 3.00 e. The summed E-state index contributed by atoms with van der Waals surface area (Å²) in [5.74, 6) is 1.74. The van der Waals surface area contributed by atoms with Crippen molar-refractivity contribution in [2.75, 3.05) is 20.2 Å². The standard InChI is InChI=1S/C34H36N5O3.2CH3.Rh/c1-23-17-30(42-2)28(27-10-12-36-32(23)27)22-39-15-11-34(18-24(19-34)21-35)20-29(39)25-6-8-26(9-7-25)33(41)37-13-16-38-14-4-3-5-31(38)40;;;/h3-10,12,14,17,29,36H,11,13,15-16,18-20,22H2,1-2H3,(H,37,41);2*1H3;/q3*-1;+3/t29-;;;/m0.../s1. The Hall–Kier alpha value is -3.86. The van der Waals surface area contributed by atoms with Crippen LogP contribution >= 0.6 is 0 Å². The number of benzene rings is 2. The number of methoxy groups -OCH3 is 1. The Morgan fingerprint density at radius 3 is 2.62 bits per heavy atom. The fraction of sp³-hybridized carbons (Fsp3) is 0.333. The van der Waals surface area contributed by atoms with Gasteiger partial charge in [0.05, 0.1) is 7.11 Å². The number of aromatic amines is 1. The van der Waals surface area contributed by atoms with Gasteiger partial charge in [-0.1, -0.05) is 23.6 Å². The molecule has 3 heterocycles. The number of hydrogen-bond donors (Lipinski definition) is 2. The summed E-state index contributed by atoms with van der Waals surface area (Å²) in [4.78, 5) is 30.7. The van der Waals surface area contributed by atoms with E-state index in [2.05, 4.69) is 52.5 Å². The van der Waals surface area contributed by atoms with Crippen molar-refractivity contribution < 1.29 is 29.0 Å². The number of ether oxygens (including phenoxy) is 1. The Morgan fingerprint density at radius 1 is 1.18 bits per heavy atom. The van der Waals surface area contributed by atoms with Crippen LogP contribution in [0.4, 0.5) is 0 Å². The van der Waals surface area contributed by atoms with Gasteiger partial charge in [0.2, 0.25) is 0 Å². The average Bonchev–Trinajstić information content (AvgIpc) is 3.49. The van der Waals surface area contributed by atoms with Gasteiger partial charge in [-0.15, -0.1) is 18.9 Å². The van der Waals surface area contributed by atoms with Crippen molar-refractivity contribution >= 4 is 16.8 Å². The first-order valence-corrected chi connectivity index (χ1v) is 14.6. The van der Waals surface area contributed by atoms with Crippen LogP contribution in [0.2, 0.25) is 0 Å². The molecule has 2 aromatic carbocycles. The summed E-state index contributed by atoms with van der Waals surface area (Å²) in [6.45, 7) is 4.55. The molecule has 1 aliphatic heterocycles. The van der Waals surface area contributed by atoms with E-state index in [4.69, 9.17) is 4.74 Å². The molecule has 6 rings (SSSR count). The molecule has 1 atom stereocenters. The predicted molar refractivity (Wildman–Crippen MR) is 175 cm³/mol. The van der Waals surface area contributed by atoms with Crippen molar-refractivity contribution in [2.45, 2.75) is 51.7 Å². The molecule has 9 heteroatoms. The second kappa shape index (κ2) is 14.9. The Balaban J connectivity index is 0.00000184. The summed E-state index contributed by atoms with van der Waals surface area (Å²) in [6, 6.07) is 19.7. The second-order valence-electron chi connectivity index (χ2n) is 11.8. The van der Waals surface area contributed by atoms with E-state index in [1.807, 2.05) is 18.3 Å². The van der Waals surface area contributed by atoms with Crippen LogP contribution in [0.3, 0.4) is 0 Å². The first-order chi connectivity index (χ1) is 20.4. The molecule has 0 bridgehead atoms. The van der Waals surface area contributed by atoms with E-state index >= 15 is 0 Å². The van der Waals surface area contributed by atoms with E-state index in [0.717, 1.165) is 61.5 Å². The number of nitriles is 1. The average molecular weight is 696 g/mol. The van der Waals surface area contributed by atoms with Gasteiger partial charge < -0.3 is 34.5 Å². The van der Waals surface area contributed by atoms with Gasteiger partial charge in [0.1, 0.15) is 5.75 Å². The topological polar surface area (TPSA) is 103 Å². The number of carbonyl (C=O) groups is 1. The van der Waals surface area contributed by atoms with E-state index in [9.17, 15) is 14.9 Å². The maximum absolute atomic E-state index is 12.9. The molecule has 238 valence electrons. The summed E-state index contributed by atoms with van der Waals surface area (Å²) in [7, 11) is 1.73. The summed E-state index contributed by atoms with van der Waals surface area (Å²) in [5, 5.41) is 13.6. The molecular formula is C36H42N5O3Rh. The molecule has 8 nitrogen and oxygen atoms in total. The Labute approximate surface area is 279 Å². The zero-order valence-electron chi connectivity index (χ0n) is 26.5. The van der Waals surface area contributed by atoms with Gasteiger partial charge in [-0.2, -0.15) is 0 Å². The summed E-state index contributed by atoms with van der Waals surface area (Å²) in [6.07, 6.45) is 7.51. The number of piperidine rings is 1. The third kappa shape index (κ3) is 7.19.